The molecule has 0 radical (unpaired) electrons. The van der Waals surface area contributed by atoms with Crippen molar-refractivity contribution in [3.05, 3.63) is 83.7 Å². The van der Waals surface area contributed by atoms with Crippen molar-refractivity contribution in [2.45, 2.75) is 6.92 Å². The topological polar surface area (TPSA) is 55.1 Å². The number of benzene rings is 3. The highest BCUT2D eigenvalue weighted by atomic mass is 19.1. The third-order valence-corrected chi connectivity index (χ3v) is 4.15. The summed E-state index contributed by atoms with van der Waals surface area (Å²) in [6.07, 6.45) is 0. The molecule has 26 heavy (non-hydrogen) atoms. The molecule has 128 valence electrons. The average Bonchev–Trinajstić information content (AvgIpc) is 3.08. The summed E-state index contributed by atoms with van der Waals surface area (Å²) >= 11 is 0. The van der Waals surface area contributed by atoms with E-state index in [1.807, 2.05) is 43.3 Å². The second kappa shape index (κ2) is 6.44. The van der Waals surface area contributed by atoms with Gasteiger partial charge in [-0.25, -0.2) is 9.37 Å². The van der Waals surface area contributed by atoms with Gasteiger partial charge in [-0.05, 0) is 48.9 Å². The summed E-state index contributed by atoms with van der Waals surface area (Å²) in [6, 6.07) is 18.9. The molecule has 0 spiro atoms. The van der Waals surface area contributed by atoms with Crippen molar-refractivity contribution in [1.29, 1.82) is 0 Å². The molecule has 4 rings (SSSR count). The summed E-state index contributed by atoms with van der Waals surface area (Å²) in [7, 11) is 0. The van der Waals surface area contributed by atoms with Crippen molar-refractivity contribution in [1.82, 2.24) is 4.98 Å². The second-order valence-corrected chi connectivity index (χ2v) is 5.95. The fourth-order valence-electron chi connectivity index (χ4n) is 2.72. The fraction of sp³-hybridized carbons (Fsp3) is 0.0476. The maximum atomic E-state index is 13.8. The van der Waals surface area contributed by atoms with Crippen LogP contribution in [0.3, 0.4) is 0 Å². The van der Waals surface area contributed by atoms with E-state index >= 15 is 0 Å². The first-order chi connectivity index (χ1) is 12.6. The summed E-state index contributed by atoms with van der Waals surface area (Å²) in [5.74, 6) is -0.591. The largest absolute Gasteiger partial charge is 0.436 e. The first-order valence-electron chi connectivity index (χ1n) is 8.14. The summed E-state index contributed by atoms with van der Waals surface area (Å²) in [5.41, 5.74) is 3.63. The monoisotopic (exact) mass is 346 g/mol. The number of rotatable bonds is 3. The van der Waals surface area contributed by atoms with E-state index in [0.717, 1.165) is 16.6 Å². The Morgan fingerprint density at radius 2 is 1.81 bits per heavy atom. The molecule has 4 aromatic rings. The molecule has 0 fully saturated rings. The summed E-state index contributed by atoms with van der Waals surface area (Å²) in [6.45, 7) is 1.87. The zero-order valence-electron chi connectivity index (χ0n) is 14.0. The number of nitrogens with zero attached hydrogens (tertiary/aromatic N) is 1. The van der Waals surface area contributed by atoms with Crippen LogP contribution in [0.4, 0.5) is 10.1 Å². The van der Waals surface area contributed by atoms with E-state index in [4.69, 9.17) is 4.42 Å². The Labute approximate surface area is 149 Å². The lowest BCUT2D eigenvalue weighted by molar-refractivity contribution is 0.102. The lowest BCUT2D eigenvalue weighted by Crippen LogP contribution is -2.14. The third kappa shape index (κ3) is 2.95. The Kier molecular flexibility index (Phi) is 3.97. The maximum absolute atomic E-state index is 13.8. The SMILES string of the molecule is Cc1ccc(-c2nc3ccccc3o2)cc1NC(=O)c1ccccc1F. The number of amides is 1. The normalized spacial score (nSPS) is 10.8. The Hall–Kier alpha value is -3.47. The molecule has 1 amide bonds. The van der Waals surface area contributed by atoms with Crippen LogP contribution < -0.4 is 5.32 Å². The van der Waals surface area contributed by atoms with Gasteiger partial charge in [0.2, 0.25) is 5.89 Å². The van der Waals surface area contributed by atoms with Crippen LogP contribution in [-0.4, -0.2) is 10.9 Å². The van der Waals surface area contributed by atoms with Gasteiger partial charge in [0.1, 0.15) is 11.3 Å². The minimum absolute atomic E-state index is 0.000773. The number of fused-ring (bicyclic) bond motifs is 1. The molecule has 0 aliphatic carbocycles. The van der Waals surface area contributed by atoms with Crippen LogP contribution in [0.15, 0.2) is 71.1 Å². The van der Waals surface area contributed by atoms with Crippen LogP contribution in [0.5, 0.6) is 0 Å². The Morgan fingerprint density at radius 1 is 1.04 bits per heavy atom. The van der Waals surface area contributed by atoms with Gasteiger partial charge in [0, 0.05) is 11.3 Å². The number of hydrogen-bond acceptors (Lipinski definition) is 3. The van der Waals surface area contributed by atoms with Gasteiger partial charge in [-0.1, -0.05) is 30.3 Å². The smallest absolute Gasteiger partial charge is 0.258 e. The third-order valence-electron chi connectivity index (χ3n) is 4.15. The van der Waals surface area contributed by atoms with Crippen molar-refractivity contribution < 1.29 is 13.6 Å². The molecule has 0 atom stereocenters. The van der Waals surface area contributed by atoms with Gasteiger partial charge in [0.15, 0.2) is 5.58 Å². The number of para-hydroxylation sites is 2. The first kappa shape index (κ1) is 16.0. The lowest BCUT2D eigenvalue weighted by Gasteiger charge is -2.10. The highest BCUT2D eigenvalue weighted by molar-refractivity contribution is 6.05. The standard InChI is InChI=1S/C21H15FN2O2/c1-13-10-11-14(21-24-17-8-4-5-9-19(17)26-21)12-18(13)23-20(25)15-6-2-3-7-16(15)22/h2-12H,1H3,(H,23,25). The fourth-order valence-corrected chi connectivity index (χ4v) is 2.72. The molecule has 0 aliphatic rings. The van der Waals surface area contributed by atoms with Gasteiger partial charge in [-0.3, -0.25) is 4.79 Å². The number of carbonyl (C=O) groups is 1. The second-order valence-electron chi connectivity index (χ2n) is 5.95. The van der Waals surface area contributed by atoms with E-state index in [9.17, 15) is 9.18 Å². The lowest BCUT2D eigenvalue weighted by atomic mass is 10.1. The van der Waals surface area contributed by atoms with Crippen molar-refractivity contribution in [2.75, 3.05) is 5.32 Å². The molecule has 1 heterocycles. The van der Waals surface area contributed by atoms with Crippen molar-refractivity contribution >= 4 is 22.7 Å². The van der Waals surface area contributed by atoms with Gasteiger partial charge in [-0.15, -0.1) is 0 Å². The van der Waals surface area contributed by atoms with Gasteiger partial charge < -0.3 is 9.73 Å². The molecule has 1 N–H and O–H groups in total. The molecule has 4 nitrogen and oxygen atoms in total. The minimum atomic E-state index is -0.558. The molecule has 0 saturated heterocycles. The van der Waals surface area contributed by atoms with Crippen LogP contribution in [0, 0.1) is 12.7 Å². The van der Waals surface area contributed by atoms with Gasteiger partial charge >= 0.3 is 0 Å². The van der Waals surface area contributed by atoms with E-state index in [2.05, 4.69) is 10.3 Å². The van der Waals surface area contributed by atoms with Gasteiger partial charge in [0.05, 0.1) is 5.56 Å². The van der Waals surface area contributed by atoms with Gasteiger partial charge in [0.25, 0.3) is 5.91 Å². The van der Waals surface area contributed by atoms with Crippen LogP contribution in [0.25, 0.3) is 22.6 Å². The molecule has 3 aromatic carbocycles. The van der Waals surface area contributed by atoms with Crippen molar-refractivity contribution in [2.24, 2.45) is 0 Å². The Balaban J connectivity index is 1.68. The average molecular weight is 346 g/mol. The van der Waals surface area contributed by atoms with Crippen LogP contribution >= 0.6 is 0 Å². The molecular formula is C21H15FN2O2. The summed E-state index contributed by atoms with van der Waals surface area (Å²) in [4.78, 5) is 16.9. The first-order valence-corrected chi connectivity index (χ1v) is 8.14. The van der Waals surface area contributed by atoms with Crippen LogP contribution in [0.2, 0.25) is 0 Å². The number of carbonyl (C=O) groups excluding carboxylic acids is 1. The van der Waals surface area contributed by atoms with Crippen molar-refractivity contribution in [3.63, 3.8) is 0 Å². The van der Waals surface area contributed by atoms with E-state index in [-0.39, 0.29) is 5.56 Å². The van der Waals surface area contributed by atoms with Crippen LogP contribution in [-0.2, 0) is 0 Å². The number of nitrogens with one attached hydrogen (secondary N) is 1. The molecule has 0 unspecified atom stereocenters. The predicted octanol–water partition coefficient (Wildman–Crippen LogP) is 5.19. The van der Waals surface area contributed by atoms with E-state index in [1.54, 1.807) is 18.2 Å². The Morgan fingerprint density at radius 3 is 2.62 bits per heavy atom. The number of aromatic nitrogens is 1. The minimum Gasteiger partial charge on any atom is -0.436 e. The number of anilines is 1. The molecule has 0 saturated carbocycles. The quantitative estimate of drug-likeness (QED) is 0.555. The highest BCUT2D eigenvalue weighted by Gasteiger charge is 2.14. The van der Waals surface area contributed by atoms with E-state index in [0.29, 0.717) is 17.2 Å². The summed E-state index contributed by atoms with van der Waals surface area (Å²) in [5, 5.41) is 2.76. The maximum Gasteiger partial charge on any atom is 0.258 e. The zero-order chi connectivity index (χ0) is 18.1. The zero-order valence-corrected chi connectivity index (χ0v) is 14.0. The predicted molar refractivity (Wildman–Crippen MR) is 98.5 cm³/mol. The molecule has 0 bridgehead atoms. The molecule has 0 aliphatic heterocycles. The molecule has 1 aromatic heterocycles. The Bertz CT molecular complexity index is 1080. The van der Waals surface area contributed by atoms with Crippen molar-refractivity contribution in [3.8, 4) is 11.5 Å². The highest BCUT2D eigenvalue weighted by Crippen LogP contribution is 2.28. The van der Waals surface area contributed by atoms with E-state index < -0.39 is 11.7 Å². The van der Waals surface area contributed by atoms with Gasteiger partial charge in [-0.2, -0.15) is 0 Å². The number of oxazole rings is 1. The number of hydrogen-bond donors (Lipinski definition) is 1. The summed E-state index contributed by atoms with van der Waals surface area (Å²) < 4.78 is 19.6. The van der Waals surface area contributed by atoms with Crippen LogP contribution in [0.1, 0.15) is 15.9 Å². The number of halogens is 1. The van der Waals surface area contributed by atoms with E-state index in [1.165, 1.54) is 12.1 Å². The molecule has 5 heteroatoms. The molecular weight excluding hydrogens is 331 g/mol. The number of aryl methyl sites for hydroxylation is 1.